The molecule has 1 N–H and O–H groups in total. The first kappa shape index (κ1) is 28.1. The minimum Gasteiger partial charge on any atom is -0.267 e. The van der Waals surface area contributed by atoms with Gasteiger partial charge in [0.2, 0.25) is 20.0 Å². The molecule has 1 aliphatic carbocycles. The Balaban J connectivity index is 1.67. The number of fused-ring (bicyclic) bond motifs is 1. The van der Waals surface area contributed by atoms with Crippen molar-refractivity contribution >= 4 is 47.9 Å². The van der Waals surface area contributed by atoms with E-state index >= 15 is 0 Å². The van der Waals surface area contributed by atoms with Gasteiger partial charge in [0.05, 0.1) is 21.2 Å². The third-order valence-corrected chi connectivity index (χ3v) is 11.7. The first-order valence-corrected chi connectivity index (χ1v) is 16.0. The molecule has 212 valence electrons. The molecule has 0 saturated heterocycles. The van der Waals surface area contributed by atoms with Gasteiger partial charge in [-0.25, -0.2) is 34.7 Å². The van der Waals surface area contributed by atoms with Gasteiger partial charge < -0.3 is 0 Å². The van der Waals surface area contributed by atoms with Crippen molar-refractivity contribution in [1.29, 1.82) is 0 Å². The number of hydrogen-bond donors (Lipinski definition) is 1. The van der Waals surface area contributed by atoms with Crippen LogP contribution >= 0.6 is 11.3 Å². The SMILES string of the molecule is CC(C)S(=O)(=O)N1CC=C(c2cc(S(=O)(=O)NC3(CF)CC3)cc3c(-c4nnc(C(F)F)s4)nn(C)c23)CC1. The molecule has 16 heteroatoms. The zero-order valence-electron chi connectivity index (χ0n) is 21.4. The number of hydrogen-bond acceptors (Lipinski definition) is 8. The lowest BCUT2D eigenvalue weighted by atomic mass is 9.97. The van der Waals surface area contributed by atoms with Crippen LogP contribution in [0.25, 0.3) is 27.2 Å². The summed E-state index contributed by atoms with van der Waals surface area (Å²) in [6.45, 7) is 2.68. The van der Waals surface area contributed by atoms with Gasteiger partial charge in [0.1, 0.15) is 12.4 Å². The van der Waals surface area contributed by atoms with Gasteiger partial charge in [-0.3, -0.25) is 4.68 Å². The van der Waals surface area contributed by atoms with Gasteiger partial charge in [0.15, 0.2) is 10.0 Å². The van der Waals surface area contributed by atoms with Crippen molar-refractivity contribution in [2.24, 2.45) is 7.05 Å². The molecule has 3 heterocycles. The largest absolute Gasteiger partial charge is 0.291 e. The molecule has 5 rings (SSSR count). The van der Waals surface area contributed by atoms with Crippen LogP contribution in [-0.2, 0) is 27.1 Å². The minimum absolute atomic E-state index is 0.0959. The van der Waals surface area contributed by atoms with Crippen LogP contribution < -0.4 is 4.72 Å². The van der Waals surface area contributed by atoms with E-state index in [2.05, 4.69) is 20.0 Å². The van der Waals surface area contributed by atoms with Gasteiger partial charge in [0, 0.05) is 31.1 Å². The summed E-state index contributed by atoms with van der Waals surface area (Å²) in [4.78, 5) is -0.143. The van der Waals surface area contributed by atoms with Crippen molar-refractivity contribution in [3.05, 3.63) is 28.8 Å². The Bertz CT molecular complexity index is 1680. The molecule has 39 heavy (non-hydrogen) atoms. The van der Waals surface area contributed by atoms with Crippen LogP contribution in [0.1, 0.15) is 50.1 Å². The summed E-state index contributed by atoms with van der Waals surface area (Å²) in [5.74, 6) is 0. The maximum absolute atomic E-state index is 13.6. The maximum atomic E-state index is 13.6. The molecule has 1 aliphatic heterocycles. The van der Waals surface area contributed by atoms with E-state index in [0.29, 0.717) is 52.6 Å². The van der Waals surface area contributed by atoms with Crippen molar-refractivity contribution in [2.75, 3.05) is 19.8 Å². The molecule has 0 unspecified atom stereocenters. The van der Waals surface area contributed by atoms with Crippen LogP contribution in [0.2, 0.25) is 0 Å². The van der Waals surface area contributed by atoms with Gasteiger partial charge in [-0.15, -0.1) is 10.2 Å². The normalized spacial score (nSPS) is 18.3. The molecule has 1 aromatic carbocycles. The first-order valence-electron chi connectivity index (χ1n) is 12.2. The molecule has 0 spiro atoms. The molecular weight excluding hydrogens is 577 g/mol. The number of nitrogens with one attached hydrogen (secondary N) is 1. The van der Waals surface area contributed by atoms with Gasteiger partial charge >= 0.3 is 0 Å². The Kier molecular flexibility index (Phi) is 7.15. The monoisotopic (exact) mass is 604 g/mol. The summed E-state index contributed by atoms with van der Waals surface area (Å²) in [6.07, 6.45) is -0.0279. The lowest BCUT2D eigenvalue weighted by Gasteiger charge is -2.28. The molecule has 0 radical (unpaired) electrons. The second-order valence-corrected chi connectivity index (χ2v) is 15.2. The maximum Gasteiger partial charge on any atom is 0.291 e. The Labute approximate surface area is 228 Å². The fraction of sp³-hybridized carbons (Fsp3) is 0.522. The van der Waals surface area contributed by atoms with E-state index in [1.807, 2.05) is 0 Å². The standard InChI is InChI=1S/C23H27F3N6O4S3/c1-13(2)39(35,36)32-8-4-14(5-9-32)16-10-15(38(33,34)30-23(12-24)6-7-23)11-17-18(29-31(3)19(16)17)21-27-28-22(37-21)20(25)26/h4,10-11,13,20,30H,5-9,12H2,1-3H3. The molecular formula is C23H27F3N6O4S3. The molecule has 3 aromatic rings. The lowest BCUT2D eigenvalue weighted by molar-refractivity contribution is 0.150. The zero-order chi connectivity index (χ0) is 28.3. The van der Waals surface area contributed by atoms with Gasteiger partial charge in [-0.1, -0.05) is 17.4 Å². The molecule has 1 fully saturated rings. The molecule has 1 saturated carbocycles. The van der Waals surface area contributed by atoms with E-state index in [4.69, 9.17) is 0 Å². The topological polar surface area (TPSA) is 127 Å². The third kappa shape index (κ3) is 5.12. The molecule has 0 atom stereocenters. The van der Waals surface area contributed by atoms with E-state index < -0.39 is 48.9 Å². The zero-order valence-corrected chi connectivity index (χ0v) is 23.8. The van der Waals surface area contributed by atoms with Crippen LogP contribution in [0.4, 0.5) is 13.2 Å². The molecule has 10 nitrogen and oxygen atoms in total. The number of benzene rings is 1. The van der Waals surface area contributed by atoms with Crippen LogP contribution in [0.15, 0.2) is 23.1 Å². The minimum atomic E-state index is -4.18. The molecule has 2 aliphatic rings. The van der Waals surface area contributed by atoms with E-state index in [1.54, 1.807) is 27.0 Å². The lowest BCUT2D eigenvalue weighted by Crippen LogP contribution is -2.39. The molecule has 2 aromatic heterocycles. The van der Waals surface area contributed by atoms with Crippen LogP contribution in [0.3, 0.4) is 0 Å². The van der Waals surface area contributed by atoms with E-state index in [-0.39, 0.29) is 28.7 Å². The highest BCUT2D eigenvalue weighted by Crippen LogP contribution is 2.41. The Hall–Kier alpha value is -2.40. The second kappa shape index (κ2) is 9.90. The fourth-order valence-corrected chi connectivity index (χ4v) is 7.96. The van der Waals surface area contributed by atoms with E-state index in [1.165, 1.54) is 21.1 Å². The number of aromatic nitrogens is 4. The Morgan fingerprint density at radius 2 is 1.87 bits per heavy atom. The number of rotatable bonds is 9. The highest BCUT2D eigenvalue weighted by molar-refractivity contribution is 7.89. The number of sulfonamides is 2. The molecule has 0 bridgehead atoms. The van der Waals surface area contributed by atoms with Gasteiger partial charge in [-0.05, 0) is 50.8 Å². The summed E-state index contributed by atoms with van der Waals surface area (Å²) in [5, 5.41) is 11.2. The smallest absolute Gasteiger partial charge is 0.267 e. The summed E-state index contributed by atoms with van der Waals surface area (Å²) >= 11 is 0.656. The number of nitrogens with zero attached hydrogens (tertiary/aromatic N) is 5. The van der Waals surface area contributed by atoms with Crippen LogP contribution in [0, 0.1) is 0 Å². The number of aryl methyl sites for hydroxylation is 1. The van der Waals surface area contributed by atoms with Gasteiger partial charge in [0.25, 0.3) is 6.43 Å². The number of alkyl halides is 3. The third-order valence-electron chi connectivity index (χ3n) is 6.99. The summed E-state index contributed by atoms with van der Waals surface area (Å²) in [7, 11) is -6.03. The molecule has 0 amide bonds. The summed E-state index contributed by atoms with van der Waals surface area (Å²) < 4.78 is 97.5. The van der Waals surface area contributed by atoms with Crippen molar-refractivity contribution in [3.63, 3.8) is 0 Å². The van der Waals surface area contributed by atoms with E-state index in [0.717, 1.165) is 0 Å². The number of halogens is 3. The fourth-order valence-electron chi connectivity index (χ4n) is 4.55. The predicted octanol–water partition coefficient (Wildman–Crippen LogP) is 3.64. The quantitative estimate of drug-likeness (QED) is 0.395. The van der Waals surface area contributed by atoms with Crippen molar-refractivity contribution < 1.29 is 30.0 Å². The Morgan fingerprint density at radius 3 is 2.41 bits per heavy atom. The van der Waals surface area contributed by atoms with E-state index in [9.17, 15) is 30.0 Å². The van der Waals surface area contributed by atoms with Crippen molar-refractivity contribution in [1.82, 2.24) is 29.0 Å². The Morgan fingerprint density at radius 1 is 1.15 bits per heavy atom. The first-order chi connectivity index (χ1) is 18.3. The van der Waals surface area contributed by atoms with Crippen LogP contribution in [0.5, 0.6) is 0 Å². The van der Waals surface area contributed by atoms with Crippen molar-refractivity contribution in [2.45, 2.75) is 55.2 Å². The van der Waals surface area contributed by atoms with Crippen molar-refractivity contribution in [3.8, 4) is 10.7 Å². The predicted molar refractivity (Wildman–Crippen MR) is 141 cm³/mol. The second-order valence-electron chi connectivity index (χ2n) is 10.0. The van der Waals surface area contributed by atoms with Crippen LogP contribution in [-0.4, -0.2) is 71.7 Å². The highest BCUT2D eigenvalue weighted by atomic mass is 32.2. The highest BCUT2D eigenvalue weighted by Gasteiger charge is 2.46. The average molecular weight is 605 g/mol. The van der Waals surface area contributed by atoms with Gasteiger partial charge in [-0.2, -0.15) is 9.40 Å². The summed E-state index contributed by atoms with van der Waals surface area (Å²) in [6, 6.07) is 2.84. The summed E-state index contributed by atoms with van der Waals surface area (Å²) in [5.41, 5.74) is 0.781. The average Bonchev–Trinajstić information content (AvgIpc) is 3.31.